The van der Waals surface area contributed by atoms with Crippen molar-refractivity contribution >= 4 is 15.9 Å². The molecule has 1 aromatic carbocycles. The van der Waals surface area contributed by atoms with Crippen LogP contribution in [0.2, 0.25) is 0 Å². The van der Waals surface area contributed by atoms with Gasteiger partial charge < -0.3 is 4.90 Å². The number of primary sulfonamides is 1. The van der Waals surface area contributed by atoms with Crippen LogP contribution in [0.15, 0.2) is 29.2 Å². The Bertz CT molecular complexity index is 590. The summed E-state index contributed by atoms with van der Waals surface area (Å²) >= 11 is 0. The second-order valence-corrected chi connectivity index (χ2v) is 7.19. The minimum atomic E-state index is -3.65. The van der Waals surface area contributed by atoms with E-state index in [2.05, 4.69) is 0 Å². The number of aryl methyl sites for hydroxylation is 1. The van der Waals surface area contributed by atoms with Gasteiger partial charge in [0.2, 0.25) is 15.9 Å². The molecule has 0 heterocycles. The van der Waals surface area contributed by atoms with Gasteiger partial charge in [0.05, 0.1) is 4.90 Å². The van der Waals surface area contributed by atoms with Crippen molar-refractivity contribution in [1.29, 1.82) is 0 Å². The molecule has 1 aromatic rings. The number of amides is 1. The second-order valence-electron chi connectivity index (χ2n) is 5.63. The first-order valence-corrected chi connectivity index (χ1v) is 8.80. The number of hydrogen-bond acceptors (Lipinski definition) is 3. The molecule has 0 aromatic heterocycles. The highest BCUT2D eigenvalue weighted by molar-refractivity contribution is 7.89. The van der Waals surface area contributed by atoms with Crippen molar-refractivity contribution in [2.24, 2.45) is 5.14 Å². The van der Waals surface area contributed by atoms with Gasteiger partial charge in [0.15, 0.2) is 0 Å². The third-order valence-corrected chi connectivity index (χ3v) is 5.07. The molecule has 21 heavy (non-hydrogen) atoms. The number of hydrogen-bond donors (Lipinski definition) is 1. The van der Waals surface area contributed by atoms with Gasteiger partial charge in [-0.05, 0) is 37.0 Å². The van der Waals surface area contributed by atoms with Crippen molar-refractivity contribution in [2.45, 2.75) is 49.5 Å². The van der Waals surface area contributed by atoms with Crippen LogP contribution < -0.4 is 5.14 Å². The lowest BCUT2D eigenvalue weighted by Gasteiger charge is -2.24. The van der Waals surface area contributed by atoms with Gasteiger partial charge in [-0.3, -0.25) is 4.79 Å². The molecule has 0 aliphatic heterocycles. The van der Waals surface area contributed by atoms with Crippen molar-refractivity contribution in [2.75, 3.05) is 7.05 Å². The summed E-state index contributed by atoms with van der Waals surface area (Å²) in [5.41, 5.74) is 0.940. The van der Waals surface area contributed by atoms with Gasteiger partial charge in [-0.2, -0.15) is 0 Å². The molecule has 0 bridgehead atoms. The number of benzene rings is 1. The van der Waals surface area contributed by atoms with E-state index < -0.39 is 10.0 Å². The Morgan fingerprint density at radius 1 is 1.24 bits per heavy atom. The van der Waals surface area contributed by atoms with E-state index in [9.17, 15) is 13.2 Å². The van der Waals surface area contributed by atoms with Gasteiger partial charge in [-0.1, -0.05) is 25.0 Å². The van der Waals surface area contributed by atoms with Gasteiger partial charge in [0, 0.05) is 19.5 Å². The maximum atomic E-state index is 12.1. The van der Waals surface area contributed by atoms with Gasteiger partial charge in [0.1, 0.15) is 0 Å². The number of nitrogens with two attached hydrogens (primary N) is 1. The first-order valence-electron chi connectivity index (χ1n) is 7.25. The van der Waals surface area contributed by atoms with E-state index >= 15 is 0 Å². The van der Waals surface area contributed by atoms with Crippen molar-refractivity contribution in [3.63, 3.8) is 0 Å². The summed E-state index contributed by atoms with van der Waals surface area (Å²) in [7, 11) is -1.77. The van der Waals surface area contributed by atoms with E-state index in [1.807, 2.05) is 11.9 Å². The van der Waals surface area contributed by atoms with Crippen molar-refractivity contribution in [1.82, 2.24) is 4.90 Å². The molecular weight excluding hydrogens is 288 g/mol. The van der Waals surface area contributed by atoms with E-state index in [0.29, 0.717) is 18.9 Å². The van der Waals surface area contributed by atoms with Crippen molar-refractivity contribution < 1.29 is 13.2 Å². The number of sulfonamides is 1. The SMILES string of the molecule is CN(C(=O)CCc1ccc(S(N)(=O)=O)cc1)C1CCCC1. The van der Waals surface area contributed by atoms with Crippen LogP contribution in [0, 0.1) is 0 Å². The smallest absolute Gasteiger partial charge is 0.238 e. The molecule has 0 spiro atoms. The summed E-state index contributed by atoms with van der Waals surface area (Å²) in [5, 5.41) is 5.05. The molecule has 1 aliphatic carbocycles. The Labute approximate surface area is 126 Å². The van der Waals surface area contributed by atoms with Crippen molar-refractivity contribution in [3.8, 4) is 0 Å². The standard InChI is InChI=1S/C15H22N2O3S/c1-17(13-4-2-3-5-13)15(18)11-8-12-6-9-14(10-7-12)21(16,19)20/h6-7,9-10,13H,2-5,8,11H2,1H3,(H2,16,19,20). The van der Waals surface area contributed by atoms with Gasteiger partial charge in [0.25, 0.3) is 0 Å². The van der Waals surface area contributed by atoms with E-state index in [1.54, 1.807) is 12.1 Å². The zero-order chi connectivity index (χ0) is 15.5. The van der Waals surface area contributed by atoms with E-state index in [0.717, 1.165) is 18.4 Å². The molecule has 2 N–H and O–H groups in total. The van der Waals surface area contributed by atoms with Crippen LogP contribution in [-0.2, 0) is 21.2 Å². The van der Waals surface area contributed by atoms with Crippen LogP contribution in [-0.4, -0.2) is 32.3 Å². The molecule has 5 nitrogen and oxygen atoms in total. The number of carbonyl (C=O) groups is 1. The molecule has 1 fully saturated rings. The molecular formula is C15H22N2O3S. The third-order valence-electron chi connectivity index (χ3n) is 4.15. The predicted molar refractivity (Wildman–Crippen MR) is 81.2 cm³/mol. The highest BCUT2D eigenvalue weighted by atomic mass is 32.2. The van der Waals surface area contributed by atoms with Gasteiger partial charge >= 0.3 is 0 Å². The fourth-order valence-electron chi connectivity index (χ4n) is 2.77. The molecule has 0 radical (unpaired) electrons. The van der Waals surface area contributed by atoms with Gasteiger partial charge in [-0.15, -0.1) is 0 Å². The summed E-state index contributed by atoms with van der Waals surface area (Å²) in [6, 6.07) is 6.78. The van der Waals surface area contributed by atoms with Crippen LogP contribution in [0.3, 0.4) is 0 Å². The number of rotatable bonds is 5. The lowest BCUT2D eigenvalue weighted by Crippen LogP contribution is -2.35. The molecule has 1 saturated carbocycles. The Kier molecular flexibility index (Phi) is 5.00. The highest BCUT2D eigenvalue weighted by Crippen LogP contribution is 2.23. The molecule has 0 saturated heterocycles. The number of nitrogens with zero attached hydrogens (tertiary/aromatic N) is 1. The summed E-state index contributed by atoms with van der Waals surface area (Å²) in [6.07, 6.45) is 5.67. The summed E-state index contributed by atoms with van der Waals surface area (Å²) in [6.45, 7) is 0. The third kappa shape index (κ3) is 4.28. The van der Waals surface area contributed by atoms with E-state index in [1.165, 1.54) is 25.0 Å². The average Bonchev–Trinajstić information content (AvgIpc) is 2.97. The molecule has 1 amide bonds. The molecule has 1 aliphatic rings. The first-order chi connectivity index (χ1) is 9.88. The highest BCUT2D eigenvalue weighted by Gasteiger charge is 2.22. The molecule has 0 atom stereocenters. The minimum absolute atomic E-state index is 0.0978. The normalized spacial score (nSPS) is 16.1. The Morgan fingerprint density at radius 3 is 2.33 bits per heavy atom. The quantitative estimate of drug-likeness (QED) is 0.898. The van der Waals surface area contributed by atoms with E-state index in [-0.39, 0.29) is 10.8 Å². The monoisotopic (exact) mass is 310 g/mol. The van der Waals surface area contributed by atoms with Crippen LogP contribution in [0.1, 0.15) is 37.7 Å². The van der Waals surface area contributed by atoms with Crippen LogP contribution >= 0.6 is 0 Å². The Balaban J connectivity index is 1.89. The summed E-state index contributed by atoms with van der Waals surface area (Å²) in [4.78, 5) is 14.1. The zero-order valence-electron chi connectivity index (χ0n) is 12.3. The minimum Gasteiger partial charge on any atom is -0.343 e. The molecule has 116 valence electrons. The summed E-state index contributed by atoms with van der Waals surface area (Å²) in [5.74, 6) is 0.150. The topological polar surface area (TPSA) is 80.5 Å². The van der Waals surface area contributed by atoms with Crippen LogP contribution in [0.25, 0.3) is 0 Å². The van der Waals surface area contributed by atoms with Crippen molar-refractivity contribution in [3.05, 3.63) is 29.8 Å². The zero-order valence-corrected chi connectivity index (χ0v) is 13.1. The fraction of sp³-hybridized carbons (Fsp3) is 0.533. The number of carbonyl (C=O) groups excluding carboxylic acids is 1. The van der Waals surface area contributed by atoms with Crippen LogP contribution in [0.4, 0.5) is 0 Å². The Hall–Kier alpha value is -1.40. The van der Waals surface area contributed by atoms with E-state index in [4.69, 9.17) is 5.14 Å². The predicted octanol–water partition coefficient (Wildman–Crippen LogP) is 1.67. The molecule has 0 unspecified atom stereocenters. The van der Waals surface area contributed by atoms with Gasteiger partial charge in [-0.25, -0.2) is 13.6 Å². The summed E-state index contributed by atoms with van der Waals surface area (Å²) < 4.78 is 22.3. The largest absolute Gasteiger partial charge is 0.343 e. The lowest BCUT2D eigenvalue weighted by atomic mass is 10.1. The Morgan fingerprint density at radius 2 is 1.81 bits per heavy atom. The maximum absolute atomic E-state index is 12.1. The maximum Gasteiger partial charge on any atom is 0.238 e. The second kappa shape index (κ2) is 6.58. The average molecular weight is 310 g/mol. The molecule has 2 rings (SSSR count). The first kappa shape index (κ1) is 16.0. The van der Waals surface area contributed by atoms with Crippen LogP contribution in [0.5, 0.6) is 0 Å². The fourth-order valence-corrected chi connectivity index (χ4v) is 3.28. The lowest BCUT2D eigenvalue weighted by molar-refractivity contribution is -0.131. The molecule has 6 heteroatoms.